The van der Waals surface area contributed by atoms with Crippen LogP contribution in [0.2, 0.25) is 5.15 Å². The molecule has 0 aliphatic rings. The van der Waals surface area contributed by atoms with Crippen molar-refractivity contribution in [2.24, 2.45) is 0 Å². The van der Waals surface area contributed by atoms with Crippen molar-refractivity contribution in [2.75, 3.05) is 0 Å². The fourth-order valence-corrected chi connectivity index (χ4v) is 2.73. The molecule has 2 N–H and O–H groups in total. The highest BCUT2D eigenvalue weighted by molar-refractivity contribution is 6.29. The third-order valence-electron chi connectivity index (χ3n) is 3.60. The van der Waals surface area contributed by atoms with Crippen molar-refractivity contribution in [2.45, 2.75) is 38.5 Å². The summed E-state index contributed by atoms with van der Waals surface area (Å²) in [5.74, 6) is -0.512. The number of amides is 1. The maximum absolute atomic E-state index is 13.6. The molecule has 0 fully saturated rings. The largest absolute Gasteiger partial charge is 0.465 e. The SMILES string of the molecule is CC(C)(C)N(C(=O)O)[C@H](c1nccc(Cl)n1)[C@H](O)c1cccc(F)c1. The summed E-state index contributed by atoms with van der Waals surface area (Å²) < 4.78 is 13.6. The van der Waals surface area contributed by atoms with E-state index in [2.05, 4.69) is 9.97 Å². The summed E-state index contributed by atoms with van der Waals surface area (Å²) in [6, 6.07) is 5.60. The first kappa shape index (κ1) is 19.1. The molecular weight excluding hydrogens is 349 g/mol. The first-order chi connectivity index (χ1) is 11.6. The zero-order valence-electron chi connectivity index (χ0n) is 14.0. The van der Waals surface area contributed by atoms with Crippen LogP contribution in [0.5, 0.6) is 0 Å². The summed E-state index contributed by atoms with van der Waals surface area (Å²) in [5.41, 5.74) is -0.666. The predicted molar refractivity (Wildman–Crippen MR) is 90.8 cm³/mol. The molecule has 2 aromatic rings. The van der Waals surface area contributed by atoms with Crippen LogP contribution in [-0.2, 0) is 0 Å². The lowest BCUT2D eigenvalue weighted by molar-refractivity contribution is 0.00124. The second-order valence-electron chi connectivity index (χ2n) is 6.51. The molecule has 25 heavy (non-hydrogen) atoms. The van der Waals surface area contributed by atoms with Gasteiger partial charge in [0.15, 0.2) is 5.82 Å². The van der Waals surface area contributed by atoms with Crippen LogP contribution >= 0.6 is 11.6 Å². The van der Waals surface area contributed by atoms with Gasteiger partial charge in [0.1, 0.15) is 23.1 Å². The first-order valence-electron chi connectivity index (χ1n) is 7.55. The zero-order chi connectivity index (χ0) is 18.8. The molecule has 2 atom stereocenters. The number of aromatic nitrogens is 2. The Kier molecular flexibility index (Phi) is 5.59. The number of carbonyl (C=O) groups is 1. The van der Waals surface area contributed by atoms with Crippen molar-refractivity contribution in [1.29, 1.82) is 0 Å². The maximum Gasteiger partial charge on any atom is 0.408 e. The molecular formula is C17H19ClFN3O3. The second-order valence-corrected chi connectivity index (χ2v) is 6.89. The van der Waals surface area contributed by atoms with Crippen LogP contribution in [0, 0.1) is 5.82 Å². The third-order valence-corrected chi connectivity index (χ3v) is 3.81. The summed E-state index contributed by atoms with van der Waals surface area (Å²) in [7, 11) is 0. The van der Waals surface area contributed by atoms with Crippen molar-refractivity contribution >= 4 is 17.7 Å². The average molecular weight is 368 g/mol. The van der Waals surface area contributed by atoms with Crippen LogP contribution in [0.3, 0.4) is 0 Å². The van der Waals surface area contributed by atoms with Gasteiger partial charge in [0, 0.05) is 11.7 Å². The number of hydrogen-bond donors (Lipinski definition) is 2. The molecule has 0 unspecified atom stereocenters. The van der Waals surface area contributed by atoms with Gasteiger partial charge in [0.25, 0.3) is 0 Å². The van der Waals surface area contributed by atoms with E-state index in [1.54, 1.807) is 20.8 Å². The highest BCUT2D eigenvalue weighted by atomic mass is 35.5. The van der Waals surface area contributed by atoms with Crippen molar-refractivity contribution in [3.8, 4) is 0 Å². The van der Waals surface area contributed by atoms with Gasteiger partial charge >= 0.3 is 6.09 Å². The molecule has 1 heterocycles. The zero-order valence-corrected chi connectivity index (χ0v) is 14.8. The third kappa shape index (κ3) is 4.43. The van der Waals surface area contributed by atoms with Crippen LogP contribution in [-0.4, -0.2) is 36.7 Å². The summed E-state index contributed by atoms with van der Waals surface area (Å²) in [6.07, 6.45) is -1.28. The molecule has 1 aromatic heterocycles. The Hall–Kier alpha value is -2.25. The number of benzene rings is 1. The molecule has 0 bridgehead atoms. The van der Waals surface area contributed by atoms with E-state index in [9.17, 15) is 19.4 Å². The number of aliphatic hydroxyl groups excluding tert-OH is 1. The highest BCUT2D eigenvalue weighted by Crippen LogP contribution is 2.37. The summed E-state index contributed by atoms with van der Waals surface area (Å²) in [4.78, 5) is 21.1. The minimum absolute atomic E-state index is 0.0292. The highest BCUT2D eigenvalue weighted by Gasteiger charge is 2.40. The molecule has 1 amide bonds. The van der Waals surface area contributed by atoms with E-state index >= 15 is 0 Å². The molecule has 0 radical (unpaired) electrons. The number of rotatable bonds is 4. The first-order valence-corrected chi connectivity index (χ1v) is 7.93. The van der Waals surface area contributed by atoms with Crippen LogP contribution in [0.4, 0.5) is 9.18 Å². The van der Waals surface area contributed by atoms with Crippen LogP contribution in [0.1, 0.15) is 44.3 Å². The smallest absolute Gasteiger partial charge is 0.408 e. The van der Waals surface area contributed by atoms with Crippen molar-refractivity contribution < 1.29 is 19.4 Å². The van der Waals surface area contributed by atoms with Crippen LogP contribution < -0.4 is 0 Å². The summed E-state index contributed by atoms with van der Waals surface area (Å²) in [6.45, 7) is 5.03. The van der Waals surface area contributed by atoms with Gasteiger partial charge in [-0.15, -0.1) is 0 Å². The lowest BCUT2D eigenvalue weighted by Gasteiger charge is -2.40. The van der Waals surface area contributed by atoms with Gasteiger partial charge in [-0.1, -0.05) is 23.7 Å². The van der Waals surface area contributed by atoms with Crippen LogP contribution in [0.15, 0.2) is 36.5 Å². The minimum atomic E-state index is -1.38. The standard InChI is InChI=1S/C17H19ClFN3O3/c1-17(2,3)22(16(24)25)13(15-20-8-7-12(18)21-15)14(23)10-5-4-6-11(19)9-10/h4-9,13-14,23H,1-3H3,(H,24,25)/t13-,14+/m0/s1. The average Bonchev–Trinajstić information content (AvgIpc) is 2.50. The number of aliphatic hydroxyl groups is 1. The van der Waals surface area contributed by atoms with E-state index in [0.29, 0.717) is 0 Å². The van der Waals surface area contributed by atoms with Gasteiger partial charge in [-0.25, -0.2) is 19.2 Å². The van der Waals surface area contributed by atoms with Crippen molar-refractivity contribution in [1.82, 2.24) is 14.9 Å². The van der Waals surface area contributed by atoms with Crippen molar-refractivity contribution in [3.63, 3.8) is 0 Å². The van der Waals surface area contributed by atoms with Gasteiger partial charge in [0.05, 0.1) is 0 Å². The summed E-state index contributed by atoms with van der Waals surface area (Å²) >= 11 is 5.90. The molecule has 0 saturated heterocycles. The summed E-state index contributed by atoms with van der Waals surface area (Å²) in [5, 5.41) is 20.7. The molecule has 0 spiro atoms. The Labute approximate surface area is 149 Å². The topological polar surface area (TPSA) is 86.6 Å². The normalized spacial score (nSPS) is 14.0. The fourth-order valence-electron chi connectivity index (χ4n) is 2.59. The van der Waals surface area contributed by atoms with E-state index in [0.717, 1.165) is 11.0 Å². The minimum Gasteiger partial charge on any atom is -0.465 e. The Bertz CT molecular complexity index is 767. The molecule has 2 rings (SSSR count). The number of carboxylic acid groups (broad SMARTS) is 1. The van der Waals surface area contributed by atoms with E-state index in [-0.39, 0.29) is 16.5 Å². The Balaban J connectivity index is 2.61. The molecule has 0 aliphatic heterocycles. The molecule has 0 saturated carbocycles. The fraction of sp³-hybridized carbons (Fsp3) is 0.353. The lowest BCUT2D eigenvalue weighted by atomic mass is 9.95. The van der Waals surface area contributed by atoms with Gasteiger partial charge in [-0.2, -0.15) is 0 Å². The van der Waals surface area contributed by atoms with Gasteiger partial charge < -0.3 is 10.2 Å². The quantitative estimate of drug-likeness (QED) is 0.802. The van der Waals surface area contributed by atoms with E-state index in [4.69, 9.17) is 11.6 Å². The number of hydrogen-bond acceptors (Lipinski definition) is 4. The maximum atomic E-state index is 13.6. The Morgan fingerprint density at radius 2 is 2.00 bits per heavy atom. The number of nitrogens with zero attached hydrogens (tertiary/aromatic N) is 3. The van der Waals surface area contributed by atoms with E-state index < -0.39 is 29.6 Å². The Morgan fingerprint density at radius 1 is 1.32 bits per heavy atom. The predicted octanol–water partition coefficient (Wildman–Crippen LogP) is 3.82. The van der Waals surface area contributed by atoms with Gasteiger partial charge in [-0.05, 0) is 44.5 Å². The lowest BCUT2D eigenvalue weighted by Crippen LogP contribution is -2.49. The van der Waals surface area contributed by atoms with Gasteiger partial charge in [-0.3, -0.25) is 4.90 Å². The molecule has 0 aliphatic carbocycles. The van der Waals surface area contributed by atoms with Crippen molar-refractivity contribution in [3.05, 3.63) is 58.9 Å². The molecule has 134 valence electrons. The second kappa shape index (κ2) is 7.33. The molecule has 8 heteroatoms. The molecule has 1 aromatic carbocycles. The van der Waals surface area contributed by atoms with E-state index in [1.807, 2.05) is 0 Å². The monoisotopic (exact) mass is 367 g/mol. The Morgan fingerprint density at radius 3 is 2.52 bits per heavy atom. The van der Waals surface area contributed by atoms with E-state index in [1.165, 1.54) is 30.5 Å². The number of halogens is 2. The van der Waals surface area contributed by atoms with Crippen LogP contribution in [0.25, 0.3) is 0 Å². The molecule has 6 nitrogen and oxygen atoms in total. The van der Waals surface area contributed by atoms with Gasteiger partial charge in [0.2, 0.25) is 0 Å².